The first-order valence-corrected chi connectivity index (χ1v) is 8.37. The fourth-order valence-corrected chi connectivity index (χ4v) is 2.73. The van der Waals surface area contributed by atoms with Crippen LogP contribution in [0.1, 0.15) is 18.3 Å². The smallest absolute Gasteiger partial charge is 0.481 e. The molecule has 0 aliphatic rings. The largest absolute Gasteiger partial charge is 0.573 e. The van der Waals surface area contributed by atoms with E-state index in [9.17, 15) is 13.2 Å². The van der Waals surface area contributed by atoms with E-state index in [0.29, 0.717) is 29.4 Å². The molecule has 2 aromatic rings. The normalized spacial score (nSPS) is 10.8. The highest BCUT2D eigenvalue weighted by Crippen LogP contribution is 2.30. The van der Waals surface area contributed by atoms with E-state index in [1.165, 1.54) is 23.9 Å². The zero-order valence-electron chi connectivity index (χ0n) is 14.2. The molecule has 0 spiro atoms. The summed E-state index contributed by atoms with van der Waals surface area (Å²) < 4.78 is 42.9. The molecule has 3 N–H and O–H groups in total. The van der Waals surface area contributed by atoms with E-state index in [1.807, 2.05) is 0 Å². The molecule has 1 aromatic carbocycles. The van der Waals surface area contributed by atoms with E-state index in [-0.39, 0.29) is 5.75 Å². The summed E-state index contributed by atoms with van der Waals surface area (Å²) in [5, 5.41) is 16.0. The summed E-state index contributed by atoms with van der Waals surface area (Å²) in [5.74, 6) is -0.00223. The van der Waals surface area contributed by atoms with Gasteiger partial charge in [0.15, 0.2) is 5.16 Å². The molecule has 1 aromatic heterocycles. The van der Waals surface area contributed by atoms with Crippen LogP contribution in [0.4, 0.5) is 13.2 Å². The molecule has 0 atom stereocenters. The van der Waals surface area contributed by atoms with Crippen LogP contribution in [0.2, 0.25) is 0 Å². The van der Waals surface area contributed by atoms with Crippen molar-refractivity contribution in [2.24, 2.45) is 12.8 Å². The number of ether oxygens (including phenoxy) is 1. The van der Waals surface area contributed by atoms with Crippen molar-refractivity contribution in [3.05, 3.63) is 35.7 Å². The average molecular weight is 392 g/mol. The maximum atomic E-state index is 12.4. The van der Waals surface area contributed by atoms with Crippen molar-refractivity contribution in [2.75, 3.05) is 6.54 Å². The van der Waals surface area contributed by atoms with E-state index in [2.05, 4.69) is 14.9 Å². The standard InChI is InChI=1S/C13H15F3N4OS.C2H4O2/c1-20-11(6-7-17)18-19-12(20)22-8-9-4-2-3-5-10(9)21-13(14,15)16;1-2(3)4/h2-5H,6-8,17H2,1H3;1H3,(H,3,4). The SMILES string of the molecule is CC(=O)O.Cn1c(CCN)nnc1SCc1ccccc1OC(F)(F)F. The summed E-state index contributed by atoms with van der Waals surface area (Å²) >= 11 is 1.29. The van der Waals surface area contributed by atoms with E-state index in [1.54, 1.807) is 23.7 Å². The Morgan fingerprint density at radius 2 is 1.96 bits per heavy atom. The van der Waals surface area contributed by atoms with Gasteiger partial charge in [0.1, 0.15) is 11.6 Å². The molecule has 0 radical (unpaired) electrons. The van der Waals surface area contributed by atoms with Crippen LogP contribution in [-0.4, -0.2) is 38.7 Å². The van der Waals surface area contributed by atoms with Gasteiger partial charge in [0.25, 0.3) is 5.97 Å². The van der Waals surface area contributed by atoms with Crippen LogP contribution in [0.15, 0.2) is 29.4 Å². The van der Waals surface area contributed by atoms with Crippen LogP contribution in [0.25, 0.3) is 0 Å². The zero-order valence-corrected chi connectivity index (χ0v) is 15.0. The Morgan fingerprint density at radius 1 is 1.35 bits per heavy atom. The number of alkyl halides is 3. The molecule has 0 bridgehead atoms. The van der Waals surface area contributed by atoms with Crippen LogP contribution >= 0.6 is 11.8 Å². The Bertz CT molecular complexity index is 718. The number of benzene rings is 1. The first kappa shape index (κ1) is 21.8. The van der Waals surface area contributed by atoms with E-state index < -0.39 is 12.3 Å². The summed E-state index contributed by atoms with van der Waals surface area (Å²) in [5.41, 5.74) is 5.91. The second-order valence-corrected chi connectivity index (χ2v) is 5.90. The lowest BCUT2D eigenvalue weighted by atomic mass is 10.2. The molecule has 11 heteroatoms. The molecule has 1 heterocycles. The predicted molar refractivity (Wildman–Crippen MR) is 89.8 cm³/mol. The zero-order chi connectivity index (χ0) is 19.7. The van der Waals surface area contributed by atoms with Crippen LogP contribution in [-0.2, 0) is 24.0 Å². The number of rotatable bonds is 6. The molecule has 2 rings (SSSR count). The highest BCUT2D eigenvalue weighted by molar-refractivity contribution is 7.98. The topological polar surface area (TPSA) is 103 Å². The van der Waals surface area contributed by atoms with Crippen molar-refractivity contribution in [3.63, 3.8) is 0 Å². The summed E-state index contributed by atoms with van der Waals surface area (Å²) in [6.07, 6.45) is -4.11. The Kier molecular flexibility index (Phi) is 8.39. The molecule has 7 nitrogen and oxygen atoms in total. The van der Waals surface area contributed by atoms with Gasteiger partial charge in [-0.05, 0) is 12.6 Å². The van der Waals surface area contributed by atoms with Crippen LogP contribution < -0.4 is 10.5 Å². The Labute approximate surface area is 152 Å². The van der Waals surface area contributed by atoms with Crippen LogP contribution in [0.3, 0.4) is 0 Å². The average Bonchev–Trinajstić information content (AvgIpc) is 2.86. The lowest BCUT2D eigenvalue weighted by Gasteiger charge is -2.12. The van der Waals surface area contributed by atoms with Gasteiger partial charge in [-0.15, -0.1) is 23.4 Å². The predicted octanol–water partition coefficient (Wildman–Crippen LogP) is 2.60. The first-order valence-electron chi connectivity index (χ1n) is 7.38. The van der Waals surface area contributed by atoms with Gasteiger partial charge in [-0.3, -0.25) is 4.79 Å². The number of nitrogens with two attached hydrogens (primary N) is 1. The maximum Gasteiger partial charge on any atom is 0.573 e. The second-order valence-electron chi connectivity index (χ2n) is 4.96. The highest BCUT2D eigenvalue weighted by atomic mass is 32.2. The van der Waals surface area contributed by atoms with Gasteiger partial charge in [-0.2, -0.15) is 0 Å². The highest BCUT2D eigenvalue weighted by Gasteiger charge is 2.32. The molecule has 0 aliphatic heterocycles. The van der Waals surface area contributed by atoms with Gasteiger partial charge in [-0.25, -0.2) is 0 Å². The summed E-state index contributed by atoms with van der Waals surface area (Å²) in [6, 6.07) is 6.04. The number of nitrogens with zero attached hydrogens (tertiary/aromatic N) is 3. The number of thioether (sulfide) groups is 1. The first-order chi connectivity index (χ1) is 12.1. The van der Waals surface area contributed by atoms with E-state index in [4.69, 9.17) is 15.6 Å². The number of carboxylic acids is 1. The van der Waals surface area contributed by atoms with Crippen LogP contribution in [0.5, 0.6) is 5.75 Å². The molecule has 0 saturated heterocycles. The molecule has 0 amide bonds. The molecule has 0 fully saturated rings. The molecular weight excluding hydrogens is 373 g/mol. The minimum Gasteiger partial charge on any atom is -0.481 e. The Morgan fingerprint density at radius 3 is 2.54 bits per heavy atom. The van der Waals surface area contributed by atoms with Gasteiger partial charge < -0.3 is 20.1 Å². The Balaban J connectivity index is 0.000000765. The third-order valence-electron chi connectivity index (χ3n) is 2.85. The van der Waals surface area contributed by atoms with Crippen molar-refractivity contribution < 1.29 is 27.8 Å². The van der Waals surface area contributed by atoms with Crippen molar-refractivity contribution in [1.29, 1.82) is 0 Å². The molecule has 0 aliphatic carbocycles. The minimum absolute atomic E-state index is 0.202. The number of carboxylic acid groups (broad SMARTS) is 1. The van der Waals surface area contributed by atoms with Gasteiger partial charge in [0, 0.05) is 31.7 Å². The summed E-state index contributed by atoms with van der Waals surface area (Å²) in [6.45, 7) is 1.54. The van der Waals surface area contributed by atoms with Crippen molar-refractivity contribution in [1.82, 2.24) is 14.8 Å². The van der Waals surface area contributed by atoms with Crippen molar-refractivity contribution >= 4 is 17.7 Å². The summed E-state index contributed by atoms with van der Waals surface area (Å²) in [4.78, 5) is 9.00. The maximum absolute atomic E-state index is 12.4. The fourth-order valence-electron chi connectivity index (χ4n) is 1.81. The quantitative estimate of drug-likeness (QED) is 0.728. The van der Waals surface area contributed by atoms with Gasteiger partial charge in [0.05, 0.1) is 0 Å². The monoisotopic (exact) mass is 392 g/mol. The van der Waals surface area contributed by atoms with Crippen molar-refractivity contribution in [3.8, 4) is 5.75 Å². The lowest BCUT2D eigenvalue weighted by molar-refractivity contribution is -0.274. The van der Waals surface area contributed by atoms with E-state index >= 15 is 0 Å². The number of aromatic nitrogens is 3. The fraction of sp³-hybridized carbons (Fsp3) is 0.400. The van der Waals surface area contributed by atoms with Crippen LogP contribution in [0, 0.1) is 0 Å². The number of halogens is 3. The minimum atomic E-state index is -4.71. The molecule has 144 valence electrons. The lowest BCUT2D eigenvalue weighted by Crippen LogP contribution is -2.18. The molecule has 26 heavy (non-hydrogen) atoms. The van der Waals surface area contributed by atoms with Gasteiger partial charge in [-0.1, -0.05) is 30.0 Å². The third kappa shape index (κ3) is 7.74. The van der Waals surface area contributed by atoms with Crippen molar-refractivity contribution in [2.45, 2.75) is 30.6 Å². The number of para-hydroxylation sites is 1. The number of aliphatic carboxylic acids is 1. The van der Waals surface area contributed by atoms with E-state index in [0.717, 1.165) is 12.7 Å². The molecular formula is C15H19F3N4O3S. The molecule has 0 saturated carbocycles. The van der Waals surface area contributed by atoms with Gasteiger partial charge in [0.2, 0.25) is 0 Å². The Hall–Kier alpha value is -2.27. The number of hydrogen-bond acceptors (Lipinski definition) is 6. The number of carbonyl (C=O) groups is 1. The molecule has 0 unspecified atom stereocenters. The van der Waals surface area contributed by atoms with Gasteiger partial charge >= 0.3 is 6.36 Å². The number of hydrogen-bond donors (Lipinski definition) is 2. The summed E-state index contributed by atoms with van der Waals surface area (Å²) in [7, 11) is 1.80. The second kappa shape index (κ2) is 10.0. The third-order valence-corrected chi connectivity index (χ3v) is 3.92.